The molecule has 9 heteroatoms. The number of carbonyl (C=O) groups is 1. The van der Waals surface area contributed by atoms with Gasteiger partial charge in [-0.1, -0.05) is 0 Å². The van der Waals surface area contributed by atoms with E-state index in [1.807, 2.05) is 32.9 Å². The molecular formula is C22H25FN4O3Se. The van der Waals surface area contributed by atoms with Gasteiger partial charge in [-0.3, -0.25) is 0 Å². The number of carbonyl (C=O) groups excluding carboxylic acids is 1. The van der Waals surface area contributed by atoms with E-state index >= 15 is 0 Å². The summed E-state index contributed by atoms with van der Waals surface area (Å²) in [5.74, 6) is -0.0430. The number of nitrogens with zero attached hydrogens (tertiary/aromatic N) is 4. The molecular weight excluding hydrogens is 466 g/mol. The van der Waals surface area contributed by atoms with E-state index in [1.165, 1.54) is 12.1 Å². The van der Waals surface area contributed by atoms with E-state index < -0.39 is 11.4 Å². The van der Waals surface area contributed by atoms with Gasteiger partial charge in [0.2, 0.25) is 0 Å². The number of likely N-dealkylation sites (tertiary alicyclic amines) is 1. The fraction of sp³-hybridized carbons (Fsp3) is 0.455. The first-order valence-electron chi connectivity index (χ1n) is 10.0. The van der Waals surface area contributed by atoms with Crippen LogP contribution in [0.4, 0.5) is 9.18 Å². The normalized spacial score (nSPS) is 14.7. The Kier molecular flexibility index (Phi) is 7.47. The van der Waals surface area contributed by atoms with Crippen LogP contribution < -0.4 is 9.33 Å². The van der Waals surface area contributed by atoms with Gasteiger partial charge in [0.15, 0.2) is 0 Å². The van der Waals surface area contributed by atoms with Gasteiger partial charge in [0.1, 0.15) is 0 Å². The predicted molar refractivity (Wildman–Crippen MR) is 114 cm³/mol. The first-order valence-corrected chi connectivity index (χ1v) is 11.9. The van der Waals surface area contributed by atoms with Crippen molar-refractivity contribution in [1.29, 1.82) is 5.26 Å². The molecule has 0 unspecified atom stereocenters. The fourth-order valence-corrected chi connectivity index (χ4v) is 5.28. The molecule has 1 aliphatic rings. The zero-order chi connectivity index (χ0) is 22.4. The number of halogens is 1. The molecule has 0 N–H and O–H groups in total. The summed E-state index contributed by atoms with van der Waals surface area (Å²) < 4.78 is 25.8. The third-order valence-corrected chi connectivity index (χ3v) is 7.15. The van der Waals surface area contributed by atoms with Crippen LogP contribution in [0.2, 0.25) is 4.82 Å². The minimum atomic E-state index is -0.587. The van der Waals surface area contributed by atoms with Gasteiger partial charge in [-0.05, 0) is 0 Å². The van der Waals surface area contributed by atoms with Gasteiger partial charge in [0.05, 0.1) is 0 Å². The monoisotopic (exact) mass is 492 g/mol. The Balaban J connectivity index is 1.51. The van der Waals surface area contributed by atoms with E-state index in [0.29, 0.717) is 23.7 Å². The number of nitriles is 1. The summed E-state index contributed by atoms with van der Waals surface area (Å²) in [5.41, 5.74) is -0.249. The van der Waals surface area contributed by atoms with Crippen molar-refractivity contribution in [3.8, 4) is 11.8 Å². The predicted octanol–water partition coefficient (Wildman–Crippen LogP) is 3.22. The maximum atomic E-state index is 14.0. The number of hydrogen-bond donors (Lipinski definition) is 0. The Morgan fingerprint density at radius 3 is 2.71 bits per heavy atom. The van der Waals surface area contributed by atoms with E-state index in [0.717, 1.165) is 23.5 Å². The van der Waals surface area contributed by atoms with Gasteiger partial charge in [0.25, 0.3) is 0 Å². The summed E-state index contributed by atoms with van der Waals surface area (Å²) in [7, 11) is 0. The molecule has 0 bridgehead atoms. The number of ether oxygens (including phenoxy) is 2. The molecule has 31 heavy (non-hydrogen) atoms. The van der Waals surface area contributed by atoms with E-state index in [4.69, 9.17) is 14.7 Å². The zero-order valence-corrected chi connectivity index (χ0v) is 19.5. The summed E-state index contributed by atoms with van der Waals surface area (Å²) in [6, 6.07) is 7.85. The van der Waals surface area contributed by atoms with Crippen molar-refractivity contribution in [2.45, 2.75) is 50.6 Å². The van der Waals surface area contributed by atoms with Crippen molar-refractivity contribution in [2.24, 2.45) is 0 Å². The minimum absolute atomic E-state index is 0.0455. The first kappa shape index (κ1) is 23.0. The Morgan fingerprint density at radius 1 is 1.32 bits per heavy atom. The first-order chi connectivity index (χ1) is 14.7. The molecule has 2 heterocycles. The number of aromatic nitrogens is 2. The molecule has 1 aliphatic heterocycles. The van der Waals surface area contributed by atoms with Crippen LogP contribution in [-0.4, -0.2) is 54.6 Å². The van der Waals surface area contributed by atoms with Crippen LogP contribution in [0.15, 0.2) is 30.5 Å². The van der Waals surface area contributed by atoms with Crippen molar-refractivity contribution in [3.05, 3.63) is 47.7 Å². The Hall–Kier alpha value is -2.69. The fourth-order valence-electron chi connectivity index (χ4n) is 3.00. The number of benzene rings is 1. The molecule has 1 amide bonds. The molecule has 0 atom stereocenters. The second-order valence-electron chi connectivity index (χ2n) is 8.14. The average Bonchev–Trinajstić information content (AvgIpc) is 2.72. The third-order valence-electron chi connectivity index (χ3n) is 4.48. The van der Waals surface area contributed by atoms with Crippen LogP contribution in [0.5, 0.6) is 5.75 Å². The zero-order valence-electron chi connectivity index (χ0n) is 17.8. The summed E-state index contributed by atoms with van der Waals surface area (Å²) in [6.07, 6.45) is 3.25. The Morgan fingerprint density at radius 2 is 2.06 bits per heavy atom. The van der Waals surface area contributed by atoms with Crippen molar-refractivity contribution in [2.75, 3.05) is 13.1 Å². The topological polar surface area (TPSA) is 88.3 Å². The standard InChI is InChI=1S/C22H25FN4O3Se/c1-22(2,3)30-21(28)27-10-7-16(8-11-27)31-20-6-9-25-19(26-20)14-29-18-5-4-15(13-24)12-17(18)23/h4-6,9,12,16H,7-8,10-11,14H2,1-3H3. The number of amides is 1. The van der Waals surface area contributed by atoms with Gasteiger partial charge in [-0.25, -0.2) is 0 Å². The molecule has 0 saturated carbocycles. The van der Waals surface area contributed by atoms with Crippen molar-refractivity contribution in [1.82, 2.24) is 14.9 Å². The molecule has 0 radical (unpaired) electrons. The van der Waals surface area contributed by atoms with Gasteiger partial charge in [-0.2, -0.15) is 0 Å². The van der Waals surface area contributed by atoms with Gasteiger partial charge in [-0.15, -0.1) is 0 Å². The number of hydrogen-bond acceptors (Lipinski definition) is 6. The summed E-state index contributed by atoms with van der Waals surface area (Å²) >= 11 is 0.136. The van der Waals surface area contributed by atoms with E-state index in [2.05, 4.69) is 9.97 Å². The van der Waals surface area contributed by atoms with Crippen LogP contribution in [0.1, 0.15) is 45.0 Å². The van der Waals surface area contributed by atoms with Crippen molar-refractivity contribution < 1.29 is 18.7 Å². The average molecular weight is 491 g/mol. The molecule has 1 aromatic heterocycles. The summed E-state index contributed by atoms with van der Waals surface area (Å²) in [6.45, 7) is 7.01. The van der Waals surface area contributed by atoms with Gasteiger partial charge >= 0.3 is 188 Å². The quantitative estimate of drug-likeness (QED) is 0.597. The van der Waals surface area contributed by atoms with E-state index in [-0.39, 0.29) is 39.0 Å². The summed E-state index contributed by atoms with van der Waals surface area (Å²) in [5, 5.41) is 8.81. The second kappa shape index (κ2) is 10.1. The van der Waals surface area contributed by atoms with E-state index in [1.54, 1.807) is 11.1 Å². The van der Waals surface area contributed by atoms with Crippen LogP contribution in [0.25, 0.3) is 0 Å². The molecule has 1 saturated heterocycles. The molecule has 1 fully saturated rings. The maximum absolute atomic E-state index is 14.0. The van der Waals surface area contributed by atoms with E-state index in [9.17, 15) is 9.18 Å². The third kappa shape index (κ3) is 6.91. The molecule has 164 valence electrons. The molecule has 7 nitrogen and oxygen atoms in total. The molecule has 3 rings (SSSR count). The van der Waals surface area contributed by atoms with Crippen LogP contribution >= 0.6 is 0 Å². The Bertz CT molecular complexity index is 966. The molecule has 2 aromatic rings. The summed E-state index contributed by atoms with van der Waals surface area (Å²) in [4.78, 5) is 23.2. The van der Waals surface area contributed by atoms with Crippen LogP contribution in [0, 0.1) is 17.1 Å². The van der Waals surface area contributed by atoms with Gasteiger partial charge < -0.3 is 0 Å². The number of rotatable bonds is 5. The van der Waals surface area contributed by atoms with Crippen LogP contribution in [0.3, 0.4) is 0 Å². The van der Waals surface area contributed by atoms with Gasteiger partial charge in [0, 0.05) is 0 Å². The molecule has 1 aromatic carbocycles. The van der Waals surface area contributed by atoms with Crippen LogP contribution in [-0.2, 0) is 11.3 Å². The van der Waals surface area contributed by atoms with Crippen molar-refractivity contribution in [3.63, 3.8) is 0 Å². The Labute approximate surface area is 187 Å². The SMILES string of the molecule is CC(C)(C)OC(=O)N1CCC([Se]c2ccnc(COc3ccc(C#N)cc3F)n2)CC1. The second-order valence-corrected chi connectivity index (χ2v) is 10.9. The van der Waals surface area contributed by atoms with Crippen molar-refractivity contribution >= 4 is 25.6 Å². The molecule has 0 spiro atoms. The number of piperidine rings is 1. The molecule has 0 aliphatic carbocycles.